The molecule has 0 unspecified atom stereocenters. The van der Waals surface area contributed by atoms with Crippen molar-refractivity contribution in [3.05, 3.63) is 90.5 Å². The first-order chi connectivity index (χ1) is 15.1. The van der Waals surface area contributed by atoms with Gasteiger partial charge >= 0.3 is 0 Å². The molecule has 0 aliphatic heterocycles. The second kappa shape index (κ2) is 7.65. The van der Waals surface area contributed by atoms with E-state index in [1.165, 1.54) is 12.5 Å². The second-order valence-corrected chi connectivity index (χ2v) is 7.70. The molecule has 4 heteroatoms. The number of nitrogens with one attached hydrogen (secondary N) is 1. The van der Waals surface area contributed by atoms with Gasteiger partial charge in [0, 0.05) is 18.1 Å². The second-order valence-electron chi connectivity index (χ2n) is 7.70. The SMILES string of the molecule is CC(=O)Nc1nc(-c2ccc(C)cc2)cc(-c2c3ccccc3cc3ccccc23)n1. The maximum absolute atomic E-state index is 11.8. The van der Waals surface area contributed by atoms with Crippen molar-refractivity contribution in [3.63, 3.8) is 0 Å². The van der Waals surface area contributed by atoms with E-state index in [2.05, 4.69) is 59.7 Å². The van der Waals surface area contributed by atoms with Crippen LogP contribution in [0.5, 0.6) is 0 Å². The topological polar surface area (TPSA) is 54.9 Å². The van der Waals surface area contributed by atoms with Crippen LogP contribution in [0.3, 0.4) is 0 Å². The molecule has 0 atom stereocenters. The number of amides is 1. The lowest BCUT2D eigenvalue weighted by molar-refractivity contribution is -0.114. The van der Waals surface area contributed by atoms with Crippen molar-refractivity contribution in [3.8, 4) is 22.5 Å². The van der Waals surface area contributed by atoms with Crippen molar-refractivity contribution < 1.29 is 4.79 Å². The van der Waals surface area contributed by atoms with Gasteiger partial charge in [0.2, 0.25) is 11.9 Å². The maximum Gasteiger partial charge on any atom is 0.230 e. The Balaban J connectivity index is 1.83. The molecule has 0 fully saturated rings. The van der Waals surface area contributed by atoms with E-state index in [1.54, 1.807) is 0 Å². The summed E-state index contributed by atoms with van der Waals surface area (Å²) in [4.78, 5) is 21.1. The molecule has 0 aliphatic carbocycles. The number of carbonyl (C=O) groups excluding carboxylic acids is 1. The van der Waals surface area contributed by atoms with Gasteiger partial charge in [0.1, 0.15) is 0 Å². The van der Waals surface area contributed by atoms with Gasteiger partial charge in [0.05, 0.1) is 11.4 Å². The molecular weight excluding hydrogens is 382 g/mol. The lowest BCUT2D eigenvalue weighted by atomic mass is 9.94. The van der Waals surface area contributed by atoms with Gasteiger partial charge in [-0.25, -0.2) is 9.97 Å². The molecule has 0 aliphatic rings. The Morgan fingerprint density at radius 2 is 1.32 bits per heavy atom. The molecule has 1 N–H and O–H groups in total. The van der Waals surface area contributed by atoms with Crippen LogP contribution in [0.25, 0.3) is 44.1 Å². The maximum atomic E-state index is 11.8. The van der Waals surface area contributed by atoms with E-state index in [-0.39, 0.29) is 5.91 Å². The van der Waals surface area contributed by atoms with Crippen LogP contribution in [0.4, 0.5) is 5.95 Å². The molecule has 31 heavy (non-hydrogen) atoms. The zero-order chi connectivity index (χ0) is 21.4. The summed E-state index contributed by atoms with van der Waals surface area (Å²) in [5.74, 6) is 0.104. The minimum absolute atomic E-state index is 0.199. The smallest absolute Gasteiger partial charge is 0.230 e. The summed E-state index contributed by atoms with van der Waals surface area (Å²) >= 11 is 0. The Bertz CT molecular complexity index is 1380. The number of carbonyl (C=O) groups is 1. The van der Waals surface area contributed by atoms with Crippen molar-refractivity contribution in [2.45, 2.75) is 13.8 Å². The van der Waals surface area contributed by atoms with E-state index in [1.807, 2.05) is 42.5 Å². The quantitative estimate of drug-likeness (QED) is 0.355. The van der Waals surface area contributed by atoms with E-state index >= 15 is 0 Å². The highest BCUT2D eigenvalue weighted by molar-refractivity contribution is 6.12. The van der Waals surface area contributed by atoms with Crippen LogP contribution in [0.2, 0.25) is 0 Å². The van der Waals surface area contributed by atoms with Crippen LogP contribution in [-0.4, -0.2) is 15.9 Å². The van der Waals surface area contributed by atoms with Crippen molar-refractivity contribution in [1.29, 1.82) is 0 Å². The van der Waals surface area contributed by atoms with Gasteiger partial charge in [-0.3, -0.25) is 10.1 Å². The van der Waals surface area contributed by atoms with Crippen LogP contribution in [0.15, 0.2) is 84.9 Å². The highest BCUT2D eigenvalue weighted by Gasteiger charge is 2.15. The van der Waals surface area contributed by atoms with E-state index in [4.69, 9.17) is 4.98 Å². The number of rotatable bonds is 3. The molecule has 4 aromatic carbocycles. The van der Waals surface area contributed by atoms with Crippen LogP contribution in [-0.2, 0) is 4.79 Å². The van der Waals surface area contributed by atoms with E-state index < -0.39 is 0 Å². The Morgan fingerprint density at radius 1 is 0.742 bits per heavy atom. The lowest BCUT2D eigenvalue weighted by Gasteiger charge is -2.14. The number of aromatic nitrogens is 2. The standard InChI is InChI=1S/C27H21N3O/c1-17-11-13-19(14-12-17)24-16-25(30-27(29-24)28-18(2)31)26-22-9-5-3-7-20(22)15-21-8-4-6-10-23(21)26/h3-16H,1-2H3,(H,28,29,30,31). The van der Waals surface area contributed by atoms with Crippen LogP contribution in [0, 0.1) is 6.92 Å². The minimum atomic E-state index is -0.199. The van der Waals surface area contributed by atoms with Crippen molar-refractivity contribution >= 4 is 33.4 Å². The predicted molar refractivity (Wildman–Crippen MR) is 127 cm³/mol. The third-order valence-corrected chi connectivity index (χ3v) is 5.39. The fourth-order valence-electron chi connectivity index (χ4n) is 3.95. The van der Waals surface area contributed by atoms with Crippen molar-refractivity contribution in [1.82, 2.24) is 9.97 Å². The summed E-state index contributed by atoms with van der Waals surface area (Å²) in [7, 11) is 0. The molecule has 1 heterocycles. The third kappa shape index (κ3) is 3.64. The fraction of sp³-hybridized carbons (Fsp3) is 0.0741. The fourth-order valence-corrected chi connectivity index (χ4v) is 3.95. The summed E-state index contributed by atoms with van der Waals surface area (Å²) in [6, 6.07) is 29.0. The number of aryl methyl sites for hydroxylation is 1. The monoisotopic (exact) mass is 403 g/mol. The van der Waals surface area contributed by atoms with E-state index in [9.17, 15) is 4.79 Å². The molecule has 1 aromatic heterocycles. The number of fused-ring (bicyclic) bond motifs is 2. The molecule has 5 rings (SSSR count). The van der Waals surface area contributed by atoms with Gasteiger partial charge in [0.25, 0.3) is 0 Å². The molecule has 1 amide bonds. The van der Waals surface area contributed by atoms with Crippen molar-refractivity contribution in [2.24, 2.45) is 0 Å². The molecular formula is C27H21N3O. The first-order valence-corrected chi connectivity index (χ1v) is 10.2. The third-order valence-electron chi connectivity index (χ3n) is 5.39. The molecule has 4 nitrogen and oxygen atoms in total. The normalized spacial score (nSPS) is 11.0. The van der Waals surface area contributed by atoms with Crippen LogP contribution < -0.4 is 5.32 Å². The van der Waals surface area contributed by atoms with Gasteiger partial charge < -0.3 is 0 Å². The highest BCUT2D eigenvalue weighted by atomic mass is 16.1. The first-order valence-electron chi connectivity index (χ1n) is 10.2. The summed E-state index contributed by atoms with van der Waals surface area (Å²) in [6.07, 6.45) is 0. The van der Waals surface area contributed by atoms with Crippen molar-refractivity contribution in [2.75, 3.05) is 5.32 Å². The molecule has 0 radical (unpaired) electrons. The van der Waals surface area contributed by atoms with E-state index in [0.29, 0.717) is 5.95 Å². The molecule has 0 saturated heterocycles. The first kappa shape index (κ1) is 18.9. The predicted octanol–water partition coefficient (Wildman–Crippen LogP) is 6.38. The Morgan fingerprint density at radius 3 is 1.94 bits per heavy atom. The molecule has 0 saturated carbocycles. The number of benzene rings is 4. The zero-order valence-corrected chi connectivity index (χ0v) is 17.4. The van der Waals surface area contributed by atoms with E-state index in [0.717, 1.165) is 44.1 Å². The lowest BCUT2D eigenvalue weighted by Crippen LogP contribution is -2.10. The Labute approximate surface area is 180 Å². The number of hydrogen-bond donors (Lipinski definition) is 1. The number of hydrogen-bond acceptors (Lipinski definition) is 3. The summed E-state index contributed by atoms with van der Waals surface area (Å²) in [5, 5.41) is 7.29. The highest BCUT2D eigenvalue weighted by Crippen LogP contribution is 2.37. The Kier molecular flexibility index (Phi) is 4.68. The molecule has 0 bridgehead atoms. The minimum Gasteiger partial charge on any atom is -0.295 e. The van der Waals surface area contributed by atoms with Crippen LogP contribution in [0.1, 0.15) is 12.5 Å². The van der Waals surface area contributed by atoms with Gasteiger partial charge in [0.15, 0.2) is 0 Å². The van der Waals surface area contributed by atoms with Gasteiger partial charge in [-0.1, -0.05) is 78.4 Å². The summed E-state index contributed by atoms with van der Waals surface area (Å²) in [6.45, 7) is 3.52. The average Bonchev–Trinajstić information content (AvgIpc) is 2.77. The summed E-state index contributed by atoms with van der Waals surface area (Å²) in [5.41, 5.74) is 4.75. The largest absolute Gasteiger partial charge is 0.295 e. The van der Waals surface area contributed by atoms with Crippen LogP contribution >= 0.6 is 0 Å². The number of nitrogens with zero attached hydrogens (tertiary/aromatic N) is 2. The number of anilines is 1. The van der Waals surface area contributed by atoms with Gasteiger partial charge in [-0.2, -0.15) is 0 Å². The molecule has 150 valence electrons. The molecule has 0 spiro atoms. The Hall–Kier alpha value is -4.05. The zero-order valence-electron chi connectivity index (χ0n) is 17.4. The average molecular weight is 403 g/mol. The van der Waals surface area contributed by atoms with Gasteiger partial charge in [-0.05, 0) is 40.6 Å². The van der Waals surface area contributed by atoms with Gasteiger partial charge in [-0.15, -0.1) is 0 Å². The summed E-state index contributed by atoms with van der Waals surface area (Å²) < 4.78 is 0. The molecule has 5 aromatic rings.